The molecule has 43 heavy (non-hydrogen) atoms. The van der Waals surface area contributed by atoms with Gasteiger partial charge in [-0.05, 0) is 82.1 Å². The number of anilines is 2. The van der Waals surface area contributed by atoms with Crippen LogP contribution in [0.15, 0.2) is 194 Å². The van der Waals surface area contributed by atoms with Gasteiger partial charge in [0, 0.05) is 17.1 Å². The third kappa shape index (κ3) is 6.74. The van der Waals surface area contributed by atoms with Crippen molar-refractivity contribution in [1.29, 1.82) is 0 Å². The molecule has 0 heterocycles. The predicted octanol–water partition coefficient (Wildman–Crippen LogP) is 11.4. The Bertz CT molecular complexity index is 1670. The summed E-state index contributed by atoms with van der Waals surface area (Å²) in [5.74, 6) is 0.339. The van der Waals surface area contributed by atoms with Crippen LogP contribution >= 0.6 is 0 Å². The second kappa shape index (κ2) is 13.5. The summed E-state index contributed by atoms with van der Waals surface area (Å²) >= 11 is 0. The van der Waals surface area contributed by atoms with Gasteiger partial charge < -0.3 is 4.90 Å². The molecule has 1 heteroatoms. The van der Waals surface area contributed by atoms with Crippen LogP contribution in [0.1, 0.15) is 12.0 Å². The lowest BCUT2D eigenvalue weighted by Crippen LogP contribution is -2.15. The summed E-state index contributed by atoms with van der Waals surface area (Å²) in [6.07, 6.45) is 16.4. The number of nitrogens with zero attached hydrogens (tertiary/aromatic N) is 1. The molecule has 0 radical (unpaired) electrons. The molecule has 0 aliphatic heterocycles. The number of hydrogen-bond donors (Lipinski definition) is 0. The van der Waals surface area contributed by atoms with Gasteiger partial charge in [-0.15, -0.1) is 0 Å². The maximum atomic E-state index is 4.29. The van der Waals surface area contributed by atoms with E-state index in [9.17, 15) is 0 Å². The topological polar surface area (TPSA) is 3.24 Å². The molecule has 0 fully saturated rings. The summed E-state index contributed by atoms with van der Waals surface area (Å²) in [4.78, 5) is 2.30. The Kier molecular flexibility index (Phi) is 8.72. The zero-order valence-electron chi connectivity index (χ0n) is 24.3. The van der Waals surface area contributed by atoms with Crippen LogP contribution in [0.2, 0.25) is 0 Å². The highest BCUT2D eigenvalue weighted by Gasteiger charge is 2.16. The maximum Gasteiger partial charge on any atom is 0.0462 e. The smallest absolute Gasteiger partial charge is 0.0462 e. The third-order valence-electron chi connectivity index (χ3n) is 7.75. The molecule has 1 unspecified atom stereocenters. The average molecular weight is 554 g/mol. The fraction of sp³-hybridized carbons (Fsp3) is 0.0476. The molecule has 1 nitrogen and oxygen atoms in total. The molecule has 0 spiro atoms. The van der Waals surface area contributed by atoms with Gasteiger partial charge in [0.1, 0.15) is 0 Å². The van der Waals surface area contributed by atoms with Crippen LogP contribution in [-0.2, 0) is 0 Å². The highest BCUT2D eigenvalue weighted by molar-refractivity contribution is 5.81. The molecular weight excluding hydrogens is 518 g/mol. The Hall–Kier alpha value is -5.40. The van der Waals surface area contributed by atoms with Crippen molar-refractivity contribution in [3.63, 3.8) is 0 Å². The SMILES string of the molecule is C=C/C(=C\C(=C\C1C=CC=CC1)c1ccccc1)N(c1ccc(-c2ccccc2)cc1)c1ccc(-c2ccccc2)cc1. The zero-order chi connectivity index (χ0) is 29.3. The summed E-state index contributed by atoms with van der Waals surface area (Å²) in [5.41, 5.74) is 10.3. The fourth-order valence-corrected chi connectivity index (χ4v) is 5.50. The van der Waals surface area contributed by atoms with E-state index < -0.39 is 0 Å². The van der Waals surface area contributed by atoms with E-state index in [1.807, 2.05) is 6.08 Å². The van der Waals surface area contributed by atoms with E-state index in [-0.39, 0.29) is 0 Å². The maximum absolute atomic E-state index is 4.29. The molecule has 5 aromatic carbocycles. The Morgan fingerprint density at radius 1 is 0.581 bits per heavy atom. The van der Waals surface area contributed by atoms with Crippen LogP contribution in [0.5, 0.6) is 0 Å². The molecule has 208 valence electrons. The van der Waals surface area contributed by atoms with E-state index in [0.29, 0.717) is 5.92 Å². The highest BCUT2D eigenvalue weighted by atomic mass is 15.1. The molecule has 1 atom stereocenters. The molecule has 5 aromatic rings. The van der Waals surface area contributed by atoms with Gasteiger partial charge in [0.15, 0.2) is 0 Å². The second-order valence-corrected chi connectivity index (χ2v) is 10.6. The van der Waals surface area contributed by atoms with Gasteiger partial charge in [-0.25, -0.2) is 0 Å². The van der Waals surface area contributed by atoms with Gasteiger partial charge >= 0.3 is 0 Å². The first kappa shape index (κ1) is 27.8. The van der Waals surface area contributed by atoms with E-state index >= 15 is 0 Å². The molecule has 0 N–H and O–H groups in total. The third-order valence-corrected chi connectivity index (χ3v) is 7.75. The number of rotatable bonds is 9. The van der Waals surface area contributed by atoms with Crippen molar-refractivity contribution in [3.05, 3.63) is 200 Å². The lowest BCUT2D eigenvalue weighted by molar-refractivity contribution is 0.824. The first-order chi connectivity index (χ1) is 21.3. The molecule has 0 saturated heterocycles. The summed E-state index contributed by atoms with van der Waals surface area (Å²) in [7, 11) is 0. The molecule has 6 rings (SSSR count). The van der Waals surface area contributed by atoms with Crippen LogP contribution in [0, 0.1) is 5.92 Å². The van der Waals surface area contributed by atoms with Crippen molar-refractivity contribution in [2.45, 2.75) is 6.42 Å². The zero-order valence-corrected chi connectivity index (χ0v) is 24.3. The molecule has 0 aromatic heterocycles. The van der Waals surface area contributed by atoms with E-state index in [1.165, 1.54) is 33.4 Å². The standard InChI is InChI=1S/C42H35N/c1-2-40(32-39(36-21-13-6-14-22-36)31-33-15-7-3-8-16-33)43(41-27-23-37(24-28-41)34-17-9-4-10-18-34)42-29-25-38(26-30-42)35-19-11-5-12-20-35/h2-15,17-33H,1,16H2/b39-31-,40-32+. The van der Waals surface area contributed by atoms with E-state index in [2.05, 4.69) is 187 Å². The number of benzene rings is 5. The minimum atomic E-state index is 0.339. The Balaban J connectivity index is 1.45. The normalized spacial score (nSPS) is 14.8. The minimum Gasteiger partial charge on any atom is -0.311 e. The van der Waals surface area contributed by atoms with Crippen molar-refractivity contribution in [3.8, 4) is 22.3 Å². The second-order valence-electron chi connectivity index (χ2n) is 10.6. The van der Waals surface area contributed by atoms with Crippen molar-refractivity contribution in [2.24, 2.45) is 5.92 Å². The van der Waals surface area contributed by atoms with Crippen LogP contribution in [0.25, 0.3) is 27.8 Å². The van der Waals surface area contributed by atoms with Crippen LogP contribution in [0.3, 0.4) is 0 Å². The first-order valence-corrected chi connectivity index (χ1v) is 14.8. The quantitative estimate of drug-likeness (QED) is 0.164. The molecule has 1 aliphatic carbocycles. The minimum absolute atomic E-state index is 0.339. The van der Waals surface area contributed by atoms with Crippen LogP contribution < -0.4 is 4.90 Å². The highest BCUT2D eigenvalue weighted by Crippen LogP contribution is 2.35. The van der Waals surface area contributed by atoms with E-state index in [1.54, 1.807) is 0 Å². The lowest BCUT2D eigenvalue weighted by atomic mass is 9.94. The number of allylic oxidation sites excluding steroid dienone is 8. The van der Waals surface area contributed by atoms with Gasteiger partial charge in [-0.2, -0.15) is 0 Å². The summed E-state index contributed by atoms with van der Waals surface area (Å²) in [5, 5.41) is 0. The average Bonchev–Trinajstić information content (AvgIpc) is 3.10. The Morgan fingerprint density at radius 2 is 1.07 bits per heavy atom. The van der Waals surface area contributed by atoms with Crippen molar-refractivity contribution >= 4 is 16.9 Å². The van der Waals surface area contributed by atoms with Gasteiger partial charge in [0.2, 0.25) is 0 Å². The first-order valence-electron chi connectivity index (χ1n) is 14.8. The van der Waals surface area contributed by atoms with Crippen LogP contribution in [0.4, 0.5) is 11.4 Å². The predicted molar refractivity (Wildman–Crippen MR) is 185 cm³/mol. The molecule has 0 saturated carbocycles. The van der Waals surface area contributed by atoms with Gasteiger partial charge in [-0.3, -0.25) is 0 Å². The Morgan fingerprint density at radius 3 is 1.53 bits per heavy atom. The molecular formula is C42H35N. The monoisotopic (exact) mass is 553 g/mol. The Labute approximate surface area is 255 Å². The molecule has 0 bridgehead atoms. The fourth-order valence-electron chi connectivity index (χ4n) is 5.50. The van der Waals surface area contributed by atoms with Gasteiger partial charge in [0.05, 0.1) is 0 Å². The van der Waals surface area contributed by atoms with Crippen molar-refractivity contribution < 1.29 is 0 Å². The van der Waals surface area contributed by atoms with E-state index in [0.717, 1.165) is 23.5 Å². The largest absolute Gasteiger partial charge is 0.311 e. The lowest BCUT2D eigenvalue weighted by Gasteiger charge is -2.27. The van der Waals surface area contributed by atoms with Crippen molar-refractivity contribution in [1.82, 2.24) is 0 Å². The van der Waals surface area contributed by atoms with Gasteiger partial charge in [-0.1, -0.05) is 152 Å². The summed E-state index contributed by atoms with van der Waals surface area (Å²) in [6, 6.07) is 49.2. The van der Waals surface area contributed by atoms with E-state index in [4.69, 9.17) is 0 Å². The summed E-state index contributed by atoms with van der Waals surface area (Å²) in [6.45, 7) is 4.29. The summed E-state index contributed by atoms with van der Waals surface area (Å²) < 4.78 is 0. The van der Waals surface area contributed by atoms with Crippen LogP contribution in [-0.4, -0.2) is 0 Å². The number of hydrogen-bond acceptors (Lipinski definition) is 1. The van der Waals surface area contributed by atoms with Gasteiger partial charge in [0.25, 0.3) is 0 Å². The van der Waals surface area contributed by atoms with Crippen molar-refractivity contribution in [2.75, 3.05) is 4.90 Å². The molecule has 1 aliphatic rings. The molecule has 0 amide bonds.